The molecule has 1 saturated heterocycles. The van der Waals surface area contributed by atoms with Crippen molar-refractivity contribution in [2.45, 2.75) is 26.4 Å². The largest absolute Gasteiger partial charge is 0.481 e. The second-order valence-corrected chi connectivity index (χ2v) is 6.49. The summed E-state index contributed by atoms with van der Waals surface area (Å²) in [4.78, 5) is 25.3. The summed E-state index contributed by atoms with van der Waals surface area (Å²) < 4.78 is 5.34. The molecular weight excluding hydrogens is 282 g/mol. The molecule has 0 spiro atoms. The van der Waals surface area contributed by atoms with Gasteiger partial charge in [0.15, 0.2) is 0 Å². The van der Waals surface area contributed by atoms with E-state index in [0.717, 1.165) is 18.4 Å². The molecule has 2 aliphatic rings. The van der Waals surface area contributed by atoms with Gasteiger partial charge in [-0.1, -0.05) is 37.3 Å². The van der Waals surface area contributed by atoms with Gasteiger partial charge in [0.05, 0.1) is 5.41 Å². The minimum Gasteiger partial charge on any atom is -0.481 e. The SMILES string of the molecule is C[C@H]1CN(C(=O)OCc2ccccc2)C[C@@H]1C1(C(=O)O)CC1. The Kier molecular flexibility index (Phi) is 3.81. The summed E-state index contributed by atoms with van der Waals surface area (Å²) in [5, 5.41) is 9.42. The number of hydrogen-bond acceptors (Lipinski definition) is 3. The number of carboxylic acid groups (broad SMARTS) is 1. The number of aliphatic carboxylic acids is 1. The molecule has 3 rings (SSSR count). The number of likely N-dealkylation sites (tertiary alicyclic amines) is 1. The van der Waals surface area contributed by atoms with Gasteiger partial charge in [0.25, 0.3) is 0 Å². The molecule has 1 aliphatic heterocycles. The van der Waals surface area contributed by atoms with Gasteiger partial charge >= 0.3 is 12.1 Å². The quantitative estimate of drug-likeness (QED) is 0.928. The van der Waals surface area contributed by atoms with Gasteiger partial charge in [0.1, 0.15) is 6.61 Å². The smallest absolute Gasteiger partial charge is 0.410 e. The Morgan fingerprint density at radius 2 is 1.95 bits per heavy atom. The average Bonchev–Trinajstić information content (AvgIpc) is 3.23. The van der Waals surface area contributed by atoms with E-state index in [1.165, 1.54) is 0 Å². The van der Waals surface area contributed by atoms with Gasteiger partial charge in [-0.05, 0) is 30.2 Å². The molecule has 5 nitrogen and oxygen atoms in total. The second-order valence-electron chi connectivity index (χ2n) is 6.49. The topological polar surface area (TPSA) is 66.8 Å². The summed E-state index contributed by atoms with van der Waals surface area (Å²) in [7, 11) is 0. The van der Waals surface area contributed by atoms with E-state index < -0.39 is 11.4 Å². The first-order valence-electron chi connectivity index (χ1n) is 7.72. The molecule has 5 heteroatoms. The van der Waals surface area contributed by atoms with Crippen molar-refractivity contribution in [1.29, 1.82) is 0 Å². The number of benzene rings is 1. The molecular formula is C17H21NO4. The lowest BCUT2D eigenvalue weighted by Crippen LogP contribution is -2.33. The first kappa shape index (κ1) is 14.9. The lowest BCUT2D eigenvalue weighted by Gasteiger charge is -2.21. The van der Waals surface area contributed by atoms with Crippen molar-refractivity contribution in [3.63, 3.8) is 0 Å². The molecule has 0 aromatic heterocycles. The fraction of sp³-hybridized carbons (Fsp3) is 0.529. The number of nitrogens with zero attached hydrogens (tertiary/aromatic N) is 1. The van der Waals surface area contributed by atoms with E-state index in [1.54, 1.807) is 4.90 Å². The highest BCUT2D eigenvalue weighted by Crippen LogP contribution is 2.56. The third-order valence-corrected chi connectivity index (χ3v) is 5.00. The summed E-state index contributed by atoms with van der Waals surface area (Å²) in [6, 6.07) is 9.54. The third-order valence-electron chi connectivity index (χ3n) is 5.00. The van der Waals surface area contributed by atoms with Crippen LogP contribution >= 0.6 is 0 Å². The Labute approximate surface area is 129 Å². The van der Waals surface area contributed by atoms with Gasteiger partial charge in [-0.25, -0.2) is 4.79 Å². The van der Waals surface area contributed by atoms with Crippen LogP contribution in [0.3, 0.4) is 0 Å². The molecule has 1 saturated carbocycles. The molecule has 22 heavy (non-hydrogen) atoms. The number of ether oxygens (including phenoxy) is 1. The van der Waals surface area contributed by atoms with E-state index in [1.807, 2.05) is 37.3 Å². The number of amides is 1. The number of carbonyl (C=O) groups is 2. The number of carbonyl (C=O) groups excluding carboxylic acids is 1. The van der Waals surface area contributed by atoms with Crippen LogP contribution in [-0.2, 0) is 16.1 Å². The van der Waals surface area contributed by atoms with Crippen LogP contribution in [0, 0.1) is 17.3 Å². The Hall–Kier alpha value is -2.04. The maximum atomic E-state index is 12.2. The van der Waals surface area contributed by atoms with Crippen LogP contribution < -0.4 is 0 Å². The van der Waals surface area contributed by atoms with Gasteiger partial charge in [-0.3, -0.25) is 4.79 Å². The van der Waals surface area contributed by atoms with Gasteiger partial charge in [0, 0.05) is 13.1 Å². The summed E-state index contributed by atoms with van der Waals surface area (Å²) in [5.41, 5.74) is 0.345. The Bertz CT molecular complexity index is 567. The van der Waals surface area contributed by atoms with Crippen LogP contribution in [0.2, 0.25) is 0 Å². The van der Waals surface area contributed by atoms with E-state index in [2.05, 4.69) is 0 Å². The van der Waals surface area contributed by atoms with Crippen molar-refractivity contribution in [3.8, 4) is 0 Å². The molecule has 1 amide bonds. The normalized spacial score (nSPS) is 25.8. The minimum absolute atomic E-state index is 0.0364. The number of rotatable bonds is 4. The summed E-state index contributed by atoms with van der Waals surface area (Å²) in [6.07, 6.45) is 1.11. The predicted octanol–water partition coefficient (Wildman–Crippen LogP) is 2.76. The summed E-state index contributed by atoms with van der Waals surface area (Å²) >= 11 is 0. The Balaban J connectivity index is 1.57. The van der Waals surface area contributed by atoms with E-state index in [4.69, 9.17) is 4.74 Å². The maximum absolute atomic E-state index is 12.2. The molecule has 0 bridgehead atoms. The van der Waals surface area contributed by atoms with Crippen LogP contribution in [0.15, 0.2) is 30.3 Å². The summed E-state index contributed by atoms with van der Waals surface area (Å²) in [6.45, 7) is 3.34. The van der Waals surface area contributed by atoms with Crippen LogP contribution in [0.25, 0.3) is 0 Å². The first-order valence-corrected chi connectivity index (χ1v) is 7.72. The molecule has 1 N–H and O–H groups in total. The number of hydrogen-bond donors (Lipinski definition) is 1. The highest BCUT2D eigenvalue weighted by molar-refractivity contribution is 5.78. The lowest BCUT2D eigenvalue weighted by atomic mass is 9.82. The van der Waals surface area contributed by atoms with Crippen molar-refractivity contribution in [2.24, 2.45) is 17.3 Å². The van der Waals surface area contributed by atoms with Crippen molar-refractivity contribution in [2.75, 3.05) is 13.1 Å². The second kappa shape index (κ2) is 5.63. The molecule has 2 atom stereocenters. The minimum atomic E-state index is -0.719. The zero-order chi connectivity index (χ0) is 15.7. The predicted molar refractivity (Wildman–Crippen MR) is 80.2 cm³/mol. The molecule has 1 aromatic carbocycles. The zero-order valence-corrected chi connectivity index (χ0v) is 12.7. The number of carboxylic acids is 1. The highest BCUT2D eigenvalue weighted by Gasteiger charge is 2.59. The molecule has 1 aromatic rings. The van der Waals surface area contributed by atoms with E-state index >= 15 is 0 Å². The van der Waals surface area contributed by atoms with Gasteiger partial charge < -0.3 is 14.7 Å². The monoisotopic (exact) mass is 303 g/mol. The molecule has 0 unspecified atom stereocenters. The van der Waals surface area contributed by atoms with Crippen LogP contribution in [0.4, 0.5) is 4.79 Å². The third kappa shape index (κ3) is 2.67. The molecule has 2 fully saturated rings. The van der Waals surface area contributed by atoms with Crippen molar-refractivity contribution in [1.82, 2.24) is 4.90 Å². The Morgan fingerprint density at radius 3 is 2.55 bits per heavy atom. The van der Waals surface area contributed by atoms with Crippen molar-refractivity contribution >= 4 is 12.1 Å². The average molecular weight is 303 g/mol. The van der Waals surface area contributed by atoms with Crippen molar-refractivity contribution in [3.05, 3.63) is 35.9 Å². The first-order chi connectivity index (χ1) is 10.5. The molecule has 1 aliphatic carbocycles. The lowest BCUT2D eigenvalue weighted by molar-refractivity contribution is -0.146. The van der Waals surface area contributed by atoms with Crippen LogP contribution in [-0.4, -0.2) is 35.2 Å². The summed E-state index contributed by atoms with van der Waals surface area (Å²) in [5.74, 6) is -0.485. The van der Waals surface area contributed by atoms with E-state index in [9.17, 15) is 14.7 Å². The zero-order valence-electron chi connectivity index (χ0n) is 12.7. The van der Waals surface area contributed by atoms with Gasteiger partial charge in [0.2, 0.25) is 0 Å². The van der Waals surface area contributed by atoms with Crippen LogP contribution in [0.1, 0.15) is 25.3 Å². The maximum Gasteiger partial charge on any atom is 0.410 e. The molecule has 118 valence electrons. The van der Waals surface area contributed by atoms with E-state index in [0.29, 0.717) is 13.1 Å². The standard InChI is InChI=1S/C17H21NO4/c1-12-9-18(10-14(12)17(7-8-17)15(19)20)16(21)22-11-13-5-3-2-4-6-13/h2-6,12,14H,7-11H2,1H3,(H,19,20)/t12-,14-/m0/s1. The van der Waals surface area contributed by atoms with E-state index in [-0.39, 0.29) is 24.5 Å². The molecule has 0 radical (unpaired) electrons. The molecule has 1 heterocycles. The fourth-order valence-electron chi connectivity index (χ4n) is 3.52. The van der Waals surface area contributed by atoms with Gasteiger partial charge in [-0.2, -0.15) is 0 Å². The Morgan fingerprint density at radius 1 is 1.27 bits per heavy atom. The fourth-order valence-corrected chi connectivity index (χ4v) is 3.52. The van der Waals surface area contributed by atoms with Crippen molar-refractivity contribution < 1.29 is 19.4 Å². The van der Waals surface area contributed by atoms with Crippen LogP contribution in [0.5, 0.6) is 0 Å². The van der Waals surface area contributed by atoms with Gasteiger partial charge in [-0.15, -0.1) is 0 Å². The highest BCUT2D eigenvalue weighted by atomic mass is 16.6.